The molecule has 6 heteroatoms. The van der Waals surface area contributed by atoms with Crippen molar-refractivity contribution in [3.05, 3.63) is 27.4 Å². The normalized spacial score (nSPS) is 9.71. The van der Waals surface area contributed by atoms with E-state index in [4.69, 9.17) is 11.6 Å². The maximum atomic E-state index is 13.1. The summed E-state index contributed by atoms with van der Waals surface area (Å²) in [7, 11) is 1.46. The molecule has 1 aromatic rings. The number of urea groups is 1. The van der Waals surface area contributed by atoms with Gasteiger partial charge in [0.2, 0.25) is 0 Å². The van der Waals surface area contributed by atoms with Crippen molar-refractivity contribution in [2.75, 3.05) is 12.4 Å². The van der Waals surface area contributed by atoms with Gasteiger partial charge in [-0.05, 0) is 28.1 Å². The number of hydrogen-bond donors (Lipinski definition) is 2. The van der Waals surface area contributed by atoms with Gasteiger partial charge in [0.25, 0.3) is 0 Å². The fourth-order valence-corrected chi connectivity index (χ4v) is 1.26. The van der Waals surface area contributed by atoms with Gasteiger partial charge in [0, 0.05) is 12.7 Å². The van der Waals surface area contributed by atoms with Crippen LogP contribution in [0, 0.1) is 5.82 Å². The van der Waals surface area contributed by atoms with Crippen LogP contribution in [-0.4, -0.2) is 13.1 Å². The van der Waals surface area contributed by atoms with Gasteiger partial charge >= 0.3 is 6.03 Å². The van der Waals surface area contributed by atoms with E-state index in [1.165, 1.54) is 19.2 Å². The molecule has 2 N–H and O–H groups in total. The molecular weight excluding hydrogens is 274 g/mol. The van der Waals surface area contributed by atoms with E-state index in [0.717, 1.165) is 0 Å². The molecule has 0 spiro atoms. The number of rotatable bonds is 1. The highest BCUT2D eigenvalue weighted by molar-refractivity contribution is 9.10. The molecule has 0 aromatic heterocycles. The zero-order valence-corrected chi connectivity index (χ0v) is 9.54. The Morgan fingerprint density at radius 3 is 2.71 bits per heavy atom. The van der Waals surface area contributed by atoms with Crippen LogP contribution in [0.15, 0.2) is 16.6 Å². The van der Waals surface area contributed by atoms with Crippen LogP contribution in [-0.2, 0) is 0 Å². The van der Waals surface area contributed by atoms with Crippen molar-refractivity contribution in [1.82, 2.24) is 5.32 Å². The summed E-state index contributed by atoms with van der Waals surface area (Å²) in [5.41, 5.74) is 0.301. The van der Waals surface area contributed by atoms with Crippen molar-refractivity contribution < 1.29 is 9.18 Å². The highest BCUT2D eigenvalue weighted by Gasteiger charge is 2.07. The van der Waals surface area contributed by atoms with Crippen LogP contribution in [0.25, 0.3) is 0 Å². The van der Waals surface area contributed by atoms with Gasteiger partial charge in [0.1, 0.15) is 5.82 Å². The minimum Gasteiger partial charge on any atom is -0.341 e. The first-order valence-electron chi connectivity index (χ1n) is 3.68. The third kappa shape index (κ3) is 2.59. The molecule has 76 valence electrons. The van der Waals surface area contributed by atoms with Gasteiger partial charge in [0.15, 0.2) is 0 Å². The molecule has 3 nitrogen and oxygen atoms in total. The molecule has 0 fully saturated rings. The topological polar surface area (TPSA) is 41.1 Å². The van der Waals surface area contributed by atoms with Gasteiger partial charge in [-0.3, -0.25) is 0 Å². The fraction of sp³-hybridized carbons (Fsp3) is 0.125. The summed E-state index contributed by atoms with van der Waals surface area (Å²) in [5, 5.41) is 4.95. The van der Waals surface area contributed by atoms with E-state index < -0.39 is 11.8 Å². The van der Waals surface area contributed by atoms with Gasteiger partial charge < -0.3 is 10.6 Å². The van der Waals surface area contributed by atoms with Crippen molar-refractivity contribution in [1.29, 1.82) is 0 Å². The van der Waals surface area contributed by atoms with E-state index in [-0.39, 0.29) is 9.50 Å². The lowest BCUT2D eigenvalue weighted by molar-refractivity contribution is 0.254. The van der Waals surface area contributed by atoms with Gasteiger partial charge in [0.05, 0.1) is 9.50 Å². The second-order valence-corrected chi connectivity index (χ2v) is 3.66. The molecule has 0 aliphatic carbocycles. The number of carbonyl (C=O) groups is 1. The maximum Gasteiger partial charge on any atom is 0.318 e. The quantitative estimate of drug-likeness (QED) is 0.763. The molecule has 0 bridgehead atoms. The fourth-order valence-electron chi connectivity index (χ4n) is 0.821. The van der Waals surface area contributed by atoms with Gasteiger partial charge in [-0.25, -0.2) is 9.18 Å². The summed E-state index contributed by atoms with van der Waals surface area (Å²) in [6, 6.07) is 2.19. The smallest absolute Gasteiger partial charge is 0.318 e. The first-order valence-corrected chi connectivity index (χ1v) is 4.85. The Kier molecular flexibility index (Phi) is 3.71. The second-order valence-electron chi connectivity index (χ2n) is 2.46. The lowest BCUT2D eigenvalue weighted by Gasteiger charge is -2.06. The minimum atomic E-state index is -0.524. The number of nitrogens with one attached hydrogen (secondary N) is 2. The number of amides is 2. The van der Waals surface area contributed by atoms with Gasteiger partial charge in [-0.1, -0.05) is 11.6 Å². The molecule has 0 radical (unpaired) electrons. The summed E-state index contributed by atoms with van der Waals surface area (Å²) in [6.45, 7) is 0. The third-order valence-electron chi connectivity index (χ3n) is 1.47. The second kappa shape index (κ2) is 4.61. The van der Waals surface area contributed by atoms with Crippen molar-refractivity contribution in [2.45, 2.75) is 0 Å². The van der Waals surface area contributed by atoms with Gasteiger partial charge in [-0.15, -0.1) is 0 Å². The molecule has 2 amide bonds. The van der Waals surface area contributed by atoms with Crippen LogP contribution in [0.5, 0.6) is 0 Å². The third-order valence-corrected chi connectivity index (χ3v) is 2.80. The molecule has 1 aromatic carbocycles. The number of carbonyl (C=O) groups excluding carboxylic acids is 1. The van der Waals surface area contributed by atoms with E-state index in [1.807, 2.05) is 0 Å². The zero-order valence-electron chi connectivity index (χ0n) is 7.20. The van der Waals surface area contributed by atoms with Crippen molar-refractivity contribution in [3.8, 4) is 0 Å². The summed E-state index contributed by atoms with van der Waals surface area (Å²) < 4.78 is 13.3. The molecule has 0 heterocycles. The Morgan fingerprint density at radius 1 is 1.57 bits per heavy atom. The minimum absolute atomic E-state index is 0.182. The molecule has 0 saturated heterocycles. The summed E-state index contributed by atoms with van der Waals surface area (Å²) >= 11 is 8.65. The number of benzene rings is 1. The van der Waals surface area contributed by atoms with E-state index in [2.05, 4.69) is 26.6 Å². The largest absolute Gasteiger partial charge is 0.341 e. The molecule has 0 saturated carbocycles. The lowest BCUT2D eigenvalue weighted by atomic mass is 10.3. The average Bonchev–Trinajstić information content (AvgIpc) is 2.14. The van der Waals surface area contributed by atoms with E-state index in [1.54, 1.807) is 0 Å². The number of hydrogen-bond acceptors (Lipinski definition) is 1. The van der Waals surface area contributed by atoms with Crippen molar-refractivity contribution in [2.24, 2.45) is 0 Å². The Balaban J connectivity index is 2.95. The van der Waals surface area contributed by atoms with Crippen LogP contribution >= 0.6 is 27.5 Å². The van der Waals surface area contributed by atoms with E-state index in [9.17, 15) is 9.18 Å². The van der Waals surface area contributed by atoms with Crippen molar-refractivity contribution >= 4 is 39.2 Å². The molecular formula is C8H7BrClFN2O. The Bertz CT molecular complexity index is 349. The summed E-state index contributed by atoms with van der Waals surface area (Å²) in [6.07, 6.45) is 0. The van der Waals surface area contributed by atoms with Gasteiger partial charge in [-0.2, -0.15) is 0 Å². The summed E-state index contributed by atoms with van der Waals surface area (Å²) in [4.78, 5) is 10.9. The Hall–Kier alpha value is -0.810. The highest BCUT2D eigenvalue weighted by Crippen LogP contribution is 2.28. The zero-order chi connectivity index (χ0) is 10.7. The average molecular weight is 282 g/mol. The van der Waals surface area contributed by atoms with Crippen LogP contribution in [0.3, 0.4) is 0 Å². The predicted octanol–water partition coefficient (Wildman–Crippen LogP) is 2.99. The molecule has 0 atom stereocenters. The lowest BCUT2D eigenvalue weighted by Crippen LogP contribution is -2.24. The van der Waals surface area contributed by atoms with Crippen LogP contribution in [0.2, 0.25) is 5.02 Å². The van der Waals surface area contributed by atoms with Crippen molar-refractivity contribution in [3.63, 3.8) is 0 Å². The number of anilines is 1. The van der Waals surface area contributed by atoms with Crippen LogP contribution in [0.1, 0.15) is 0 Å². The van der Waals surface area contributed by atoms with E-state index in [0.29, 0.717) is 5.69 Å². The first kappa shape index (κ1) is 11.3. The first-order chi connectivity index (χ1) is 6.54. The number of halogens is 3. The Labute approximate surface area is 93.8 Å². The molecule has 0 aliphatic heterocycles. The van der Waals surface area contributed by atoms with Crippen LogP contribution < -0.4 is 10.6 Å². The highest BCUT2D eigenvalue weighted by atomic mass is 79.9. The summed E-state index contributed by atoms with van der Waals surface area (Å²) in [5.74, 6) is -0.524. The maximum absolute atomic E-state index is 13.1. The Morgan fingerprint density at radius 2 is 2.21 bits per heavy atom. The molecule has 0 aliphatic rings. The predicted molar refractivity (Wildman–Crippen MR) is 57.2 cm³/mol. The van der Waals surface area contributed by atoms with E-state index >= 15 is 0 Å². The monoisotopic (exact) mass is 280 g/mol. The van der Waals surface area contributed by atoms with Crippen LogP contribution in [0.4, 0.5) is 14.9 Å². The molecule has 1 rings (SSSR count). The SMILES string of the molecule is CNC(=O)Nc1cc(F)c(Br)c(Cl)c1. The standard InChI is InChI=1S/C8H7BrClFN2O/c1-12-8(14)13-4-2-5(10)7(9)6(11)3-4/h2-3H,1H3,(H2,12,13,14). The molecule has 0 unspecified atom stereocenters. The molecule has 14 heavy (non-hydrogen) atoms.